The molecule has 0 bridgehead atoms. The van der Waals surface area contributed by atoms with Gasteiger partial charge in [-0.3, -0.25) is 9.78 Å². The van der Waals surface area contributed by atoms with E-state index in [1.54, 1.807) is 24.3 Å². The Balaban J connectivity index is 1.63. The van der Waals surface area contributed by atoms with E-state index in [0.717, 1.165) is 28.2 Å². The Kier molecular flexibility index (Phi) is 4.61. The Bertz CT molecular complexity index is 1350. The number of nitrogens with two attached hydrogens (primary N) is 1. The highest BCUT2D eigenvalue weighted by Crippen LogP contribution is 2.29. The first-order chi connectivity index (χ1) is 14.6. The Morgan fingerprint density at radius 3 is 2.80 bits per heavy atom. The third-order valence-electron chi connectivity index (χ3n) is 5.11. The van der Waals surface area contributed by atoms with Crippen LogP contribution in [0.5, 0.6) is 0 Å². The lowest BCUT2D eigenvalue weighted by Crippen LogP contribution is -2.22. The minimum absolute atomic E-state index is 0.156. The molecule has 0 radical (unpaired) electrons. The maximum atomic E-state index is 11.5. The number of hydrogen-bond donors (Lipinski definition) is 2. The molecule has 3 heterocycles. The summed E-state index contributed by atoms with van der Waals surface area (Å²) in [6.07, 6.45) is 0.888. The van der Waals surface area contributed by atoms with Crippen molar-refractivity contribution in [1.82, 2.24) is 9.55 Å². The number of aromatic amines is 1. The summed E-state index contributed by atoms with van der Waals surface area (Å²) in [4.78, 5) is 31.1. The van der Waals surface area contributed by atoms with Crippen molar-refractivity contribution in [3.63, 3.8) is 0 Å². The summed E-state index contributed by atoms with van der Waals surface area (Å²) in [6.45, 7) is 1.31. The fourth-order valence-electron chi connectivity index (χ4n) is 3.61. The van der Waals surface area contributed by atoms with Crippen molar-refractivity contribution in [1.29, 1.82) is 0 Å². The highest BCUT2D eigenvalue weighted by molar-refractivity contribution is 7.07. The number of hydrogen-bond acceptors (Lipinski definition) is 6. The molecule has 3 N–H and O–H groups in total. The molecule has 0 saturated carbocycles. The first-order valence-corrected chi connectivity index (χ1v) is 10.3. The van der Waals surface area contributed by atoms with E-state index < -0.39 is 11.7 Å². The Labute approximate surface area is 174 Å². The quantitative estimate of drug-likeness (QED) is 0.526. The van der Waals surface area contributed by atoms with E-state index in [1.807, 2.05) is 23.6 Å². The van der Waals surface area contributed by atoms with E-state index in [0.29, 0.717) is 29.9 Å². The lowest BCUT2D eigenvalue weighted by molar-refractivity contribution is 0.100. The molecule has 2 aromatic carbocycles. The largest absolute Gasteiger partial charge is 0.417 e. The molecule has 0 aliphatic carbocycles. The average Bonchev–Trinajstić information content (AvgIpc) is 3.46. The molecule has 1 fully saturated rings. The number of nitrogens with zero attached hydrogens (tertiary/aromatic N) is 2. The number of thiazole rings is 1. The van der Waals surface area contributed by atoms with Crippen LogP contribution >= 0.6 is 11.3 Å². The van der Waals surface area contributed by atoms with Gasteiger partial charge >= 0.3 is 5.76 Å². The molecule has 1 amide bonds. The van der Waals surface area contributed by atoms with Gasteiger partial charge < -0.3 is 19.5 Å². The van der Waals surface area contributed by atoms with Gasteiger partial charge in [0.15, 0.2) is 10.4 Å². The molecular formula is C21H18N4O4S. The summed E-state index contributed by atoms with van der Waals surface area (Å²) < 4.78 is 13.0. The predicted molar refractivity (Wildman–Crippen MR) is 113 cm³/mol. The Morgan fingerprint density at radius 2 is 2.07 bits per heavy atom. The zero-order valence-electron chi connectivity index (χ0n) is 15.8. The van der Waals surface area contributed by atoms with Gasteiger partial charge in [-0.15, -0.1) is 11.3 Å². The predicted octanol–water partition coefficient (Wildman–Crippen LogP) is 2.94. The number of oxazole rings is 1. The number of benzene rings is 2. The van der Waals surface area contributed by atoms with Crippen LogP contribution in [0.3, 0.4) is 0 Å². The van der Waals surface area contributed by atoms with Crippen molar-refractivity contribution in [2.75, 3.05) is 13.2 Å². The van der Waals surface area contributed by atoms with Crippen molar-refractivity contribution in [2.45, 2.75) is 12.5 Å². The molecular weight excluding hydrogens is 404 g/mol. The van der Waals surface area contributed by atoms with Crippen LogP contribution in [0.2, 0.25) is 0 Å². The fourth-order valence-corrected chi connectivity index (χ4v) is 4.59. The second-order valence-corrected chi connectivity index (χ2v) is 7.88. The molecule has 9 heteroatoms. The van der Waals surface area contributed by atoms with Crippen molar-refractivity contribution >= 4 is 34.0 Å². The maximum Gasteiger partial charge on any atom is 0.417 e. The summed E-state index contributed by atoms with van der Waals surface area (Å²) in [7, 11) is 0. The molecule has 1 atom stereocenters. The highest BCUT2D eigenvalue weighted by atomic mass is 32.1. The van der Waals surface area contributed by atoms with Crippen molar-refractivity contribution in [3.8, 4) is 11.3 Å². The van der Waals surface area contributed by atoms with E-state index in [2.05, 4.69) is 9.55 Å². The molecule has 4 aromatic rings. The number of carbonyl (C=O) groups excluding carboxylic acids is 1. The number of aromatic nitrogens is 2. The van der Waals surface area contributed by atoms with Gasteiger partial charge in [-0.05, 0) is 42.8 Å². The third-order valence-corrected chi connectivity index (χ3v) is 5.95. The van der Waals surface area contributed by atoms with E-state index >= 15 is 0 Å². The first kappa shape index (κ1) is 18.6. The molecule has 8 nitrogen and oxygen atoms in total. The Morgan fingerprint density at radius 1 is 1.23 bits per heavy atom. The number of nitrogens with one attached hydrogen (secondary N) is 1. The number of ether oxygens (including phenoxy) is 1. The topological polar surface area (TPSA) is 116 Å². The van der Waals surface area contributed by atoms with Crippen LogP contribution in [0.4, 0.5) is 5.69 Å². The standard InChI is InChI=1S/C21H18N4O4S/c22-19(26)12-1-4-14(5-2-12)23-20-25(15-7-8-28-10-15)17(11-30-20)13-3-6-16-18(9-13)29-21(27)24-16/h1-6,9,11,15H,7-8,10H2,(H2,22,26)(H,24,27). The highest BCUT2D eigenvalue weighted by Gasteiger charge is 2.22. The molecule has 2 aromatic heterocycles. The zero-order chi connectivity index (χ0) is 20.7. The van der Waals surface area contributed by atoms with Crippen LogP contribution in [0.1, 0.15) is 22.8 Å². The van der Waals surface area contributed by atoms with Crippen LogP contribution in [0, 0.1) is 0 Å². The molecule has 0 spiro atoms. The minimum Gasteiger partial charge on any atom is -0.408 e. The van der Waals surface area contributed by atoms with Gasteiger partial charge in [0.25, 0.3) is 0 Å². The van der Waals surface area contributed by atoms with E-state index in [-0.39, 0.29) is 6.04 Å². The lowest BCUT2D eigenvalue weighted by Gasteiger charge is -2.15. The monoisotopic (exact) mass is 422 g/mol. The van der Waals surface area contributed by atoms with Gasteiger partial charge in [0.05, 0.1) is 29.5 Å². The molecule has 1 saturated heterocycles. The fraction of sp³-hybridized carbons (Fsp3) is 0.190. The maximum absolute atomic E-state index is 11.5. The second kappa shape index (κ2) is 7.43. The Hall–Kier alpha value is -3.43. The number of amides is 1. The van der Waals surface area contributed by atoms with Crippen molar-refractivity contribution < 1.29 is 13.9 Å². The molecule has 30 heavy (non-hydrogen) atoms. The minimum atomic E-state index is -0.473. The van der Waals surface area contributed by atoms with Crippen molar-refractivity contribution in [3.05, 3.63) is 68.8 Å². The molecule has 1 aliphatic rings. The van der Waals surface area contributed by atoms with Crippen LogP contribution in [-0.4, -0.2) is 28.7 Å². The normalized spacial score (nSPS) is 17.1. The summed E-state index contributed by atoms with van der Waals surface area (Å²) >= 11 is 1.52. The van der Waals surface area contributed by atoms with Gasteiger partial charge in [-0.2, -0.15) is 0 Å². The number of primary amides is 1. The number of fused-ring (bicyclic) bond motifs is 1. The van der Waals surface area contributed by atoms with Crippen LogP contribution in [0.15, 0.2) is 62.0 Å². The van der Waals surface area contributed by atoms with Crippen molar-refractivity contribution in [2.24, 2.45) is 10.7 Å². The summed E-state index contributed by atoms with van der Waals surface area (Å²) in [5, 5.41) is 2.04. The summed E-state index contributed by atoms with van der Waals surface area (Å²) in [6, 6.07) is 12.7. The van der Waals surface area contributed by atoms with Gasteiger partial charge in [0, 0.05) is 23.1 Å². The SMILES string of the molecule is NC(=O)c1ccc(N=c2scc(-c3ccc4[nH]c(=O)oc4c3)n2C2CCOC2)cc1. The van der Waals surface area contributed by atoms with E-state index in [9.17, 15) is 9.59 Å². The van der Waals surface area contributed by atoms with Gasteiger partial charge in [0.1, 0.15) is 0 Å². The van der Waals surface area contributed by atoms with E-state index in [4.69, 9.17) is 19.9 Å². The lowest BCUT2D eigenvalue weighted by atomic mass is 10.1. The number of rotatable bonds is 4. The summed E-state index contributed by atoms with van der Waals surface area (Å²) in [5.41, 5.74) is 9.57. The second-order valence-electron chi connectivity index (χ2n) is 7.04. The smallest absolute Gasteiger partial charge is 0.408 e. The number of H-pyrrole nitrogens is 1. The zero-order valence-corrected chi connectivity index (χ0v) is 16.6. The molecule has 1 unspecified atom stereocenters. The van der Waals surface area contributed by atoms with Gasteiger partial charge in [-0.25, -0.2) is 9.79 Å². The molecule has 1 aliphatic heterocycles. The van der Waals surface area contributed by atoms with Crippen LogP contribution < -0.4 is 16.3 Å². The first-order valence-electron chi connectivity index (χ1n) is 9.44. The van der Waals surface area contributed by atoms with Crippen LogP contribution in [-0.2, 0) is 4.74 Å². The van der Waals surface area contributed by atoms with Crippen LogP contribution in [0.25, 0.3) is 22.4 Å². The summed E-state index contributed by atoms with van der Waals surface area (Å²) in [5.74, 6) is -0.940. The van der Waals surface area contributed by atoms with Gasteiger partial charge in [0.2, 0.25) is 5.91 Å². The molecule has 5 rings (SSSR count). The molecule has 152 valence electrons. The number of carbonyl (C=O) groups is 1. The average molecular weight is 422 g/mol. The van der Waals surface area contributed by atoms with Gasteiger partial charge in [-0.1, -0.05) is 6.07 Å². The third kappa shape index (κ3) is 3.38. The van der Waals surface area contributed by atoms with E-state index in [1.165, 1.54) is 11.3 Å².